The van der Waals surface area contributed by atoms with Crippen molar-refractivity contribution in [3.63, 3.8) is 0 Å². The van der Waals surface area contributed by atoms with Gasteiger partial charge in [0.2, 0.25) is 0 Å². The van der Waals surface area contributed by atoms with Gasteiger partial charge in [0, 0.05) is 6.42 Å². The summed E-state index contributed by atoms with van der Waals surface area (Å²) in [5, 5.41) is 15.9. The molecule has 0 aliphatic rings. The van der Waals surface area contributed by atoms with Crippen LogP contribution in [0.5, 0.6) is 5.75 Å². The van der Waals surface area contributed by atoms with Crippen molar-refractivity contribution in [2.24, 2.45) is 0 Å². The van der Waals surface area contributed by atoms with Crippen molar-refractivity contribution in [3.05, 3.63) is 90.0 Å². The molecule has 2 N–H and O–H groups in total. The number of hydrogen-bond donors (Lipinski definition) is 2. The van der Waals surface area contributed by atoms with Gasteiger partial charge in [0.05, 0.1) is 12.7 Å². The van der Waals surface area contributed by atoms with Gasteiger partial charge >= 0.3 is 5.97 Å². The summed E-state index contributed by atoms with van der Waals surface area (Å²) in [4.78, 5) is 25.2. The molecule has 150 valence electrons. The second-order valence-corrected chi connectivity index (χ2v) is 7.11. The van der Waals surface area contributed by atoms with Gasteiger partial charge in [-0.25, -0.2) is 4.79 Å². The van der Waals surface area contributed by atoms with Crippen LogP contribution in [-0.2, 0) is 11.2 Å². The van der Waals surface area contributed by atoms with Crippen molar-refractivity contribution in [2.45, 2.75) is 12.5 Å². The highest BCUT2D eigenvalue weighted by atomic mass is 16.5. The van der Waals surface area contributed by atoms with Gasteiger partial charge in [-0.1, -0.05) is 60.7 Å². The molecule has 1 amide bonds. The maximum atomic E-state index is 13.3. The SMILES string of the molecule is COc1ccc(C[C@H](NC(=O)c2c3ccccc3cc3ccccc23)C(=O)O)cc1. The molecule has 5 nitrogen and oxygen atoms in total. The second kappa shape index (κ2) is 8.25. The minimum Gasteiger partial charge on any atom is -0.497 e. The van der Waals surface area contributed by atoms with Gasteiger partial charge in [0.25, 0.3) is 5.91 Å². The molecule has 0 aliphatic carbocycles. The smallest absolute Gasteiger partial charge is 0.326 e. The number of carbonyl (C=O) groups excluding carboxylic acids is 1. The average Bonchev–Trinajstić information content (AvgIpc) is 2.77. The first-order valence-corrected chi connectivity index (χ1v) is 9.64. The number of methoxy groups -OCH3 is 1. The second-order valence-electron chi connectivity index (χ2n) is 7.11. The predicted octanol–water partition coefficient (Wildman–Crippen LogP) is 4.43. The van der Waals surface area contributed by atoms with E-state index >= 15 is 0 Å². The molecule has 4 aromatic rings. The van der Waals surface area contributed by atoms with Crippen LogP contribution in [0.1, 0.15) is 15.9 Å². The fourth-order valence-corrected chi connectivity index (χ4v) is 3.69. The number of fused-ring (bicyclic) bond motifs is 2. The number of rotatable bonds is 6. The summed E-state index contributed by atoms with van der Waals surface area (Å²) < 4.78 is 5.14. The number of ether oxygens (including phenoxy) is 1. The van der Waals surface area contributed by atoms with E-state index in [1.165, 1.54) is 0 Å². The Morgan fingerprint density at radius 2 is 1.47 bits per heavy atom. The van der Waals surface area contributed by atoms with E-state index in [2.05, 4.69) is 5.32 Å². The molecule has 4 rings (SSSR count). The third-order valence-electron chi connectivity index (χ3n) is 5.20. The van der Waals surface area contributed by atoms with Crippen molar-refractivity contribution < 1.29 is 19.4 Å². The number of amides is 1. The lowest BCUT2D eigenvalue weighted by Gasteiger charge is -2.17. The van der Waals surface area contributed by atoms with E-state index in [4.69, 9.17) is 4.74 Å². The Hall–Kier alpha value is -3.86. The van der Waals surface area contributed by atoms with E-state index in [0.717, 1.165) is 27.1 Å². The highest BCUT2D eigenvalue weighted by Crippen LogP contribution is 2.28. The fourth-order valence-electron chi connectivity index (χ4n) is 3.69. The lowest BCUT2D eigenvalue weighted by atomic mass is 9.96. The number of carbonyl (C=O) groups is 2. The van der Waals surface area contributed by atoms with E-state index in [1.54, 1.807) is 31.4 Å². The first kappa shape index (κ1) is 19.5. The Morgan fingerprint density at radius 3 is 2.00 bits per heavy atom. The summed E-state index contributed by atoms with van der Waals surface area (Å²) in [7, 11) is 1.57. The van der Waals surface area contributed by atoms with Crippen molar-refractivity contribution in [2.75, 3.05) is 7.11 Å². The normalized spacial score (nSPS) is 11.9. The zero-order valence-corrected chi connectivity index (χ0v) is 16.5. The van der Waals surface area contributed by atoms with Crippen molar-refractivity contribution >= 4 is 33.4 Å². The van der Waals surface area contributed by atoms with Gasteiger partial charge in [-0.2, -0.15) is 0 Å². The van der Waals surface area contributed by atoms with Crippen molar-refractivity contribution in [1.82, 2.24) is 5.32 Å². The number of aliphatic carboxylic acids is 1. The fraction of sp³-hybridized carbons (Fsp3) is 0.120. The standard InChI is InChI=1S/C25H21NO4/c1-30-19-12-10-16(11-13-19)14-22(25(28)29)26-24(27)23-20-8-4-2-6-17(20)15-18-7-3-5-9-21(18)23/h2-13,15,22H,14H2,1H3,(H,26,27)(H,28,29)/t22-/m0/s1. The van der Waals surface area contributed by atoms with Crippen LogP contribution in [-0.4, -0.2) is 30.1 Å². The van der Waals surface area contributed by atoms with Crippen LogP contribution in [0.25, 0.3) is 21.5 Å². The maximum absolute atomic E-state index is 13.3. The van der Waals surface area contributed by atoms with E-state index in [0.29, 0.717) is 11.3 Å². The predicted molar refractivity (Wildman–Crippen MR) is 117 cm³/mol. The molecule has 0 spiro atoms. The molecule has 0 unspecified atom stereocenters. The van der Waals surface area contributed by atoms with E-state index in [-0.39, 0.29) is 6.42 Å². The van der Waals surface area contributed by atoms with Gasteiger partial charge in [-0.05, 0) is 45.3 Å². The quantitative estimate of drug-likeness (QED) is 0.471. The number of carboxylic acids is 1. The summed E-state index contributed by atoms with van der Waals surface area (Å²) in [6.45, 7) is 0. The summed E-state index contributed by atoms with van der Waals surface area (Å²) >= 11 is 0. The Bertz CT molecular complexity index is 1180. The molecule has 0 saturated heterocycles. The molecule has 0 radical (unpaired) electrons. The number of nitrogens with one attached hydrogen (secondary N) is 1. The first-order chi connectivity index (χ1) is 14.6. The van der Waals surface area contributed by atoms with Crippen LogP contribution < -0.4 is 10.1 Å². The molecule has 5 heteroatoms. The first-order valence-electron chi connectivity index (χ1n) is 9.64. The van der Waals surface area contributed by atoms with Gasteiger partial charge in [0.15, 0.2) is 0 Å². The zero-order valence-electron chi connectivity index (χ0n) is 16.5. The number of hydrogen-bond acceptors (Lipinski definition) is 3. The molecule has 0 heterocycles. The molecule has 0 aromatic heterocycles. The van der Waals surface area contributed by atoms with E-state index in [9.17, 15) is 14.7 Å². The Labute approximate surface area is 173 Å². The maximum Gasteiger partial charge on any atom is 0.326 e. The summed E-state index contributed by atoms with van der Waals surface area (Å²) in [5.41, 5.74) is 1.29. The highest BCUT2D eigenvalue weighted by molar-refractivity contribution is 6.18. The largest absolute Gasteiger partial charge is 0.497 e. The topological polar surface area (TPSA) is 75.6 Å². The lowest BCUT2D eigenvalue weighted by Crippen LogP contribution is -2.42. The molecule has 1 atom stereocenters. The Balaban J connectivity index is 1.70. The monoisotopic (exact) mass is 399 g/mol. The van der Waals surface area contributed by atoms with Crippen LogP contribution in [0.15, 0.2) is 78.9 Å². The molecule has 30 heavy (non-hydrogen) atoms. The minimum atomic E-state index is -1.08. The average molecular weight is 399 g/mol. The van der Waals surface area contributed by atoms with Crippen molar-refractivity contribution in [1.29, 1.82) is 0 Å². The molecule has 0 saturated carbocycles. The number of benzene rings is 4. The Kier molecular flexibility index (Phi) is 5.35. The highest BCUT2D eigenvalue weighted by Gasteiger charge is 2.23. The molecule has 0 aliphatic heterocycles. The molecule has 0 fully saturated rings. The third kappa shape index (κ3) is 3.82. The van der Waals surface area contributed by atoms with Crippen LogP contribution in [0.2, 0.25) is 0 Å². The summed E-state index contributed by atoms with van der Waals surface area (Å²) in [6.07, 6.45) is 0.174. The van der Waals surface area contributed by atoms with Gasteiger partial charge in [0.1, 0.15) is 11.8 Å². The molecular formula is C25H21NO4. The summed E-state index contributed by atoms with van der Waals surface area (Å²) in [6, 6.07) is 23.4. The van der Waals surface area contributed by atoms with E-state index in [1.807, 2.05) is 54.6 Å². The van der Waals surface area contributed by atoms with Gasteiger partial charge < -0.3 is 15.2 Å². The van der Waals surface area contributed by atoms with Crippen LogP contribution in [0, 0.1) is 0 Å². The number of carboxylic acid groups (broad SMARTS) is 1. The van der Waals surface area contributed by atoms with Crippen LogP contribution in [0.4, 0.5) is 0 Å². The zero-order chi connectivity index (χ0) is 21.1. The molecule has 4 aromatic carbocycles. The third-order valence-corrected chi connectivity index (χ3v) is 5.20. The van der Waals surface area contributed by atoms with Crippen molar-refractivity contribution in [3.8, 4) is 5.75 Å². The lowest BCUT2D eigenvalue weighted by molar-refractivity contribution is -0.139. The van der Waals surface area contributed by atoms with Gasteiger partial charge in [-0.3, -0.25) is 4.79 Å². The molecular weight excluding hydrogens is 378 g/mol. The van der Waals surface area contributed by atoms with Crippen LogP contribution >= 0.6 is 0 Å². The van der Waals surface area contributed by atoms with E-state index < -0.39 is 17.9 Å². The summed E-state index contributed by atoms with van der Waals surface area (Å²) in [5.74, 6) is -0.787. The molecule has 0 bridgehead atoms. The van der Waals surface area contributed by atoms with Crippen LogP contribution in [0.3, 0.4) is 0 Å². The minimum absolute atomic E-state index is 0.174. The van der Waals surface area contributed by atoms with Gasteiger partial charge in [-0.15, -0.1) is 0 Å². The Morgan fingerprint density at radius 1 is 0.900 bits per heavy atom.